The molecule has 0 radical (unpaired) electrons. The predicted molar refractivity (Wildman–Crippen MR) is 138 cm³/mol. The Morgan fingerprint density at radius 3 is 2.00 bits per heavy atom. The van der Waals surface area contributed by atoms with Crippen LogP contribution in [-0.4, -0.2) is 51.0 Å². The van der Waals surface area contributed by atoms with Gasteiger partial charge in [0, 0.05) is 29.2 Å². The Hall–Kier alpha value is -2.29. The van der Waals surface area contributed by atoms with Gasteiger partial charge in [-0.05, 0) is 42.2 Å². The van der Waals surface area contributed by atoms with E-state index in [-0.39, 0.29) is 12.0 Å². The minimum absolute atomic E-state index is 0.0630. The second-order valence-electron chi connectivity index (χ2n) is 9.08. The third-order valence-corrected chi connectivity index (χ3v) is 7.35. The number of halogens is 2. The van der Waals surface area contributed by atoms with Crippen LogP contribution in [0, 0.1) is 0 Å². The highest BCUT2D eigenvalue weighted by atomic mass is 35.5. The number of hydrogen-bond acceptors (Lipinski definition) is 4. The van der Waals surface area contributed by atoms with Gasteiger partial charge < -0.3 is 10.2 Å². The van der Waals surface area contributed by atoms with E-state index in [1.165, 1.54) is 11.9 Å². The molecule has 0 aromatic heterocycles. The predicted octanol–water partition coefficient (Wildman–Crippen LogP) is 4.22. The van der Waals surface area contributed by atoms with E-state index in [9.17, 15) is 18.0 Å². The van der Waals surface area contributed by atoms with E-state index in [1.807, 2.05) is 12.1 Å². The Morgan fingerprint density at radius 1 is 1.03 bits per heavy atom. The van der Waals surface area contributed by atoms with E-state index in [4.69, 9.17) is 23.2 Å². The fourth-order valence-electron chi connectivity index (χ4n) is 3.39. The third kappa shape index (κ3) is 6.87. The van der Waals surface area contributed by atoms with Gasteiger partial charge in [-0.25, -0.2) is 8.42 Å². The molecule has 10 heteroatoms. The molecule has 0 saturated heterocycles. The van der Waals surface area contributed by atoms with Crippen LogP contribution in [0.2, 0.25) is 10.0 Å². The largest absolute Gasteiger partial charge is 0.357 e. The van der Waals surface area contributed by atoms with Crippen LogP contribution >= 0.6 is 23.2 Å². The second kappa shape index (κ2) is 11.0. The maximum absolute atomic E-state index is 13.4. The van der Waals surface area contributed by atoms with Crippen LogP contribution in [0.4, 0.5) is 5.69 Å². The van der Waals surface area contributed by atoms with Crippen molar-refractivity contribution in [3.8, 4) is 0 Å². The fraction of sp³-hybridized carbons (Fsp3) is 0.417. The molecule has 0 spiro atoms. The van der Waals surface area contributed by atoms with Crippen LogP contribution in [0.25, 0.3) is 0 Å². The molecule has 0 bridgehead atoms. The molecule has 0 aliphatic rings. The van der Waals surface area contributed by atoms with Gasteiger partial charge in [-0.2, -0.15) is 0 Å². The van der Waals surface area contributed by atoms with Gasteiger partial charge >= 0.3 is 0 Å². The molecule has 0 aliphatic carbocycles. The molecular weight excluding hydrogens is 497 g/mol. The topological polar surface area (TPSA) is 86.8 Å². The number of amides is 2. The molecule has 2 amide bonds. The summed E-state index contributed by atoms with van der Waals surface area (Å²) in [7, 11) is -2.34. The zero-order chi connectivity index (χ0) is 25.8. The molecule has 0 heterocycles. The van der Waals surface area contributed by atoms with Crippen LogP contribution in [-0.2, 0) is 31.6 Å². The summed E-state index contributed by atoms with van der Waals surface area (Å²) in [4.78, 5) is 27.1. The van der Waals surface area contributed by atoms with Crippen LogP contribution in [0.5, 0.6) is 0 Å². The van der Waals surface area contributed by atoms with Crippen LogP contribution < -0.4 is 9.62 Å². The van der Waals surface area contributed by atoms with Crippen molar-refractivity contribution in [3.05, 3.63) is 63.6 Å². The number of hydrogen-bond donors (Lipinski definition) is 1. The van der Waals surface area contributed by atoms with Gasteiger partial charge in [0.05, 0.1) is 11.9 Å². The number of anilines is 1. The first kappa shape index (κ1) is 28.0. The summed E-state index contributed by atoms with van der Waals surface area (Å²) in [5.41, 5.74) is 1.74. The first-order chi connectivity index (χ1) is 15.7. The first-order valence-corrected chi connectivity index (χ1v) is 13.3. The van der Waals surface area contributed by atoms with Gasteiger partial charge in [0.25, 0.3) is 0 Å². The summed E-state index contributed by atoms with van der Waals surface area (Å²) >= 11 is 12.6. The lowest BCUT2D eigenvalue weighted by atomic mass is 9.87. The first-order valence-electron chi connectivity index (χ1n) is 10.7. The minimum atomic E-state index is -3.80. The Labute approximate surface area is 212 Å². The minimum Gasteiger partial charge on any atom is -0.357 e. The normalized spacial score (nSPS) is 12.7. The Balaban J connectivity index is 2.44. The quantitative estimate of drug-likeness (QED) is 0.556. The highest BCUT2D eigenvalue weighted by Gasteiger charge is 2.30. The van der Waals surface area contributed by atoms with Crippen LogP contribution in [0.1, 0.15) is 38.8 Å². The number of nitrogens with one attached hydrogen (secondary N) is 1. The number of nitrogens with zero attached hydrogens (tertiary/aromatic N) is 2. The van der Waals surface area contributed by atoms with E-state index in [1.54, 1.807) is 37.3 Å². The number of benzene rings is 2. The maximum Gasteiger partial charge on any atom is 0.244 e. The molecule has 0 fully saturated rings. The number of sulfonamides is 1. The highest BCUT2D eigenvalue weighted by molar-refractivity contribution is 7.92. The molecule has 2 aromatic carbocycles. The average molecular weight is 529 g/mol. The van der Waals surface area contributed by atoms with Gasteiger partial charge in [-0.3, -0.25) is 13.9 Å². The van der Waals surface area contributed by atoms with Crippen molar-refractivity contribution in [2.45, 2.75) is 45.7 Å². The molecule has 0 saturated carbocycles. The van der Waals surface area contributed by atoms with E-state index in [0.717, 1.165) is 16.1 Å². The monoisotopic (exact) mass is 527 g/mol. The van der Waals surface area contributed by atoms with E-state index in [2.05, 4.69) is 26.1 Å². The molecule has 0 aliphatic heterocycles. The molecule has 186 valence electrons. The summed E-state index contributed by atoms with van der Waals surface area (Å²) < 4.78 is 26.3. The maximum atomic E-state index is 13.4. The average Bonchev–Trinajstić information content (AvgIpc) is 2.75. The SMILES string of the molecule is CNC(=O)C(C)N(Cc1c(Cl)cccc1Cl)C(=O)CN(c1ccc(C(C)(C)C)cc1)S(C)(=O)=O. The van der Waals surface area contributed by atoms with Gasteiger partial charge in [-0.15, -0.1) is 0 Å². The molecule has 1 N–H and O–H groups in total. The lowest BCUT2D eigenvalue weighted by molar-refractivity contribution is -0.139. The van der Waals surface area contributed by atoms with Crippen molar-refractivity contribution in [2.75, 3.05) is 24.2 Å². The lowest BCUT2D eigenvalue weighted by Gasteiger charge is -2.31. The number of rotatable bonds is 8. The lowest BCUT2D eigenvalue weighted by Crippen LogP contribution is -2.50. The van der Waals surface area contributed by atoms with Gasteiger partial charge in [0.2, 0.25) is 21.8 Å². The molecule has 1 atom stereocenters. The summed E-state index contributed by atoms with van der Waals surface area (Å²) in [5.74, 6) is -0.977. The highest BCUT2D eigenvalue weighted by Crippen LogP contribution is 2.28. The molecule has 7 nitrogen and oxygen atoms in total. The second-order valence-corrected chi connectivity index (χ2v) is 11.8. The zero-order valence-electron chi connectivity index (χ0n) is 20.2. The molecule has 34 heavy (non-hydrogen) atoms. The van der Waals surface area contributed by atoms with E-state index >= 15 is 0 Å². The van der Waals surface area contributed by atoms with Crippen molar-refractivity contribution in [1.29, 1.82) is 0 Å². The van der Waals surface area contributed by atoms with E-state index in [0.29, 0.717) is 21.3 Å². The Morgan fingerprint density at radius 2 is 1.56 bits per heavy atom. The summed E-state index contributed by atoms with van der Waals surface area (Å²) in [5, 5.41) is 3.20. The van der Waals surface area contributed by atoms with E-state index < -0.39 is 34.4 Å². The van der Waals surface area contributed by atoms with Gasteiger partial charge in [-0.1, -0.05) is 62.2 Å². The van der Waals surface area contributed by atoms with Crippen molar-refractivity contribution in [2.24, 2.45) is 0 Å². The van der Waals surface area contributed by atoms with Gasteiger partial charge in [0.15, 0.2) is 0 Å². The van der Waals surface area contributed by atoms with Crippen molar-refractivity contribution < 1.29 is 18.0 Å². The van der Waals surface area contributed by atoms with Gasteiger partial charge in [0.1, 0.15) is 12.6 Å². The Kier molecular flexibility index (Phi) is 9.02. The van der Waals surface area contributed by atoms with Crippen LogP contribution in [0.15, 0.2) is 42.5 Å². The van der Waals surface area contributed by atoms with Crippen LogP contribution in [0.3, 0.4) is 0 Å². The summed E-state index contributed by atoms with van der Waals surface area (Å²) in [6, 6.07) is 11.1. The van der Waals surface area contributed by atoms with Crippen molar-refractivity contribution in [1.82, 2.24) is 10.2 Å². The molecule has 1 unspecified atom stereocenters. The Bertz CT molecular complexity index is 1130. The van der Waals surface area contributed by atoms with Crippen molar-refractivity contribution in [3.63, 3.8) is 0 Å². The smallest absolute Gasteiger partial charge is 0.244 e. The third-order valence-electron chi connectivity index (χ3n) is 5.50. The van der Waals surface area contributed by atoms with Crippen molar-refractivity contribution >= 4 is 50.7 Å². The fourth-order valence-corrected chi connectivity index (χ4v) is 4.75. The summed E-state index contributed by atoms with van der Waals surface area (Å²) in [6.07, 6.45) is 1.04. The molecule has 2 aromatic rings. The number of carbonyl (C=O) groups excluding carboxylic acids is 2. The molecule has 2 rings (SSSR count). The summed E-state index contributed by atoms with van der Waals surface area (Å²) in [6.45, 7) is 7.17. The number of likely N-dealkylation sites (N-methyl/N-ethyl adjacent to an activating group) is 1. The zero-order valence-corrected chi connectivity index (χ0v) is 22.6. The number of carbonyl (C=O) groups is 2. The standard InChI is InChI=1S/C24H31Cl2N3O4S/c1-16(23(31)27-5)28(14-19-20(25)8-7-9-21(19)26)22(30)15-29(34(6,32)33)18-12-10-17(11-13-18)24(2,3)4/h7-13,16H,14-15H2,1-6H3,(H,27,31). The molecular formula is C24H31Cl2N3O4S.